The van der Waals surface area contributed by atoms with Gasteiger partial charge in [0.2, 0.25) is 0 Å². The van der Waals surface area contributed by atoms with Crippen LogP contribution in [0.1, 0.15) is 18.4 Å². The highest BCUT2D eigenvalue weighted by Gasteiger charge is 2.11. The van der Waals surface area contributed by atoms with E-state index in [9.17, 15) is 0 Å². The molecule has 3 heteroatoms. The Bertz CT molecular complexity index is 334. The Balaban J connectivity index is 1.94. The average Bonchev–Trinajstić information content (AvgIpc) is 2.72. The fraction of sp³-hybridized carbons (Fsp3) is 0.500. The molecule has 1 saturated heterocycles. The van der Waals surface area contributed by atoms with Gasteiger partial charge in [0.05, 0.1) is 0 Å². The van der Waals surface area contributed by atoms with Crippen LogP contribution in [0.15, 0.2) is 22.7 Å². The molecule has 0 N–H and O–H groups in total. The Morgan fingerprint density at radius 1 is 1.27 bits per heavy atom. The zero-order valence-corrected chi connectivity index (χ0v) is 11.0. The lowest BCUT2D eigenvalue weighted by atomic mass is 10.1. The minimum absolute atomic E-state index is 0.886. The number of hydrogen-bond acceptors (Lipinski definition) is 1. The molecule has 1 aliphatic heterocycles. The van der Waals surface area contributed by atoms with Crippen molar-refractivity contribution in [3.63, 3.8) is 0 Å². The van der Waals surface area contributed by atoms with Crippen molar-refractivity contribution in [1.82, 2.24) is 4.90 Å². The van der Waals surface area contributed by atoms with Crippen LogP contribution in [0.2, 0.25) is 5.02 Å². The highest BCUT2D eigenvalue weighted by Crippen LogP contribution is 2.22. The lowest BCUT2D eigenvalue weighted by Gasteiger charge is -2.14. The van der Waals surface area contributed by atoms with Crippen molar-refractivity contribution in [3.05, 3.63) is 33.3 Å². The van der Waals surface area contributed by atoms with Crippen molar-refractivity contribution in [2.24, 2.45) is 0 Å². The van der Waals surface area contributed by atoms with Crippen molar-refractivity contribution in [1.29, 1.82) is 0 Å². The van der Waals surface area contributed by atoms with Crippen LogP contribution in [0.3, 0.4) is 0 Å². The van der Waals surface area contributed by atoms with E-state index in [-0.39, 0.29) is 0 Å². The number of hydrogen-bond donors (Lipinski definition) is 0. The molecule has 0 radical (unpaired) electrons. The second-order valence-electron chi connectivity index (χ2n) is 4.03. The second-order valence-corrected chi connectivity index (χ2v) is 5.36. The van der Waals surface area contributed by atoms with Gasteiger partial charge in [0.25, 0.3) is 0 Å². The predicted octanol–water partition coefficient (Wildman–Crippen LogP) is 3.74. The molecule has 0 saturated carbocycles. The molecule has 1 aromatic carbocycles. The predicted molar refractivity (Wildman–Crippen MR) is 68.5 cm³/mol. The minimum atomic E-state index is 0.886. The Hall–Kier alpha value is -0.0500. The molecule has 2 rings (SSSR count). The third-order valence-electron chi connectivity index (χ3n) is 2.90. The summed E-state index contributed by atoms with van der Waals surface area (Å²) < 4.78 is 1.11. The summed E-state index contributed by atoms with van der Waals surface area (Å²) in [6.45, 7) is 3.65. The van der Waals surface area contributed by atoms with Gasteiger partial charge in [0.15, 0.2) is 0 Å². The standard InChI is InChI=1S/C12H15BrClN/c13-11-3-4-12(14)10(9-11)5-8-15-6-1-2-7-15/h3-4,9H,1-2,5-8H2. The molecule has 0 aliphatic carbocycles. The number of likely N-dealkylation sites (tertiary alicyclic amines) is 1. The van der Waals surface area contributed by atoms with Crippen molar-refractivity contribution in [3.8, 4) is 0 Å². The second kappa shape index (κ2) is 5.33. The van der Waals surface area contributed by atoms with Crippen LogP contribution < -0.4 is 0 Å². The fourth-order valence-electron chi connectivity index (χ4n) is 2.02. The maximum Gasteiger partial charge on any atom is 0.0439 e. The quantitative estimate of drug-likeness (QED) is 0.819. The largest absolute Gasteiger partial charge is 0.303 e. The number of benzene rings is 1. The summed E-state index contributed by atoms with van der Waals surface area (Å²) in [6.07, 6.45) is 3.76. The Labute approximate surface area is 105 Å². The van der Waals surface area contributed by atoms with Crippen LogP contribution in [0.25, 0.3) is 0 Å². The van der Waals surface area contributed by atoms with Crippen LogP contribution in [-0.4, -0.2) is 24.5 Å². The van der Waals surface area contributed by atoms with Crippen molar-refractivity contribution >= 4 is 27.5 Å². The normalized spacial score (nSPS) is 17.2. The van der Waals surface area contributed by atoms with E-state index in [1.807, 2.05) is 12.1 Å². The van der Waals surface area contributed by atoms with Crippen molar-refractivity contribution < 1.29 is 0 Å². The molecule has 0 unspecified atom stereocenters. The fourth-order valence-corrected chi connectivity index (χ4v) is 2.64. The van der Waals surface area contributed by atoms with Crippen LogP contribution in [0.4, 0.5) is 0 Å². The molecule has 0 aromatic heterocycles. The van der Waals surface area contributed by atoms with Gasteiger partial charge in [-0.2, -0.15) is 0 Å². The third-order valence-corrected chi connectivity index (χ3v) is 3.77. The smallest absolute Gasteiger partial charge is 0.0439 e. The van der Waals surface area contributed by atoms with E-state index in [4.69, 9.17) is 11.6 Å². The maximum absolute atomic E-state index is 6.14. The number of nitrogens with zero attached hydrogens (tertiary/aromatic N) is 1. The first-order valence-electron chi connectivity index (χ1n) is 5.42. The van der Waals surface area contributed by atoms with E-state index in [1.54, 1.807) is 0 Å². The van der Waals surface area contributed by atoms with Crippen molar-refractivity contribution in [2.45, 2.75) is 19.3 Å². The van der Waals surface area contributed by atoms with E-state index in [1.165, 1.54) is 31.5 Å². The Morgan fingerprint density at radius 3 is 2.73 bits per heavy atom. The van der Waals surface area contributed by atoms with Crippen LogP contribution in [0.5, 0.6) is 0 Å². The van der Waals surface area contributed by atoms with Gasteiger partial charge in [-0.15, -0.1) is 0 Å². The molecule has 1 nitrogen and oxygen atoms in total. The first-order valence-corrected chi connectivity index (χ1v) is 6.59. The summed E-state index contributed by atoms with van der Waals surface area (Å²) in [5.41, 5.74) is 1.25. The highest BCUT2D eigenvalue weighted by molar-refractivity contribution is 9.10. The van der Waals surface area contributed by atoms with Gasteiger partial charge in [-0.05, 0) is 56.1 Å². The molecular weight excluding hydrogens is 273 g/mol. The monoisotopic (exact) mass is 287 g/mol. The number of halogens is 2. The summed E-state index contributed by atoms with van der Waals surface area (Å²) >= 11 is 9.62. The average molecular weight is 289 g/mol. The zero-order chi connectivity index (χ0) is 10.7. The molecule has 1 heterocycles. The summed E-state index contributed by atoms with van der Waals surface area (Å²) in [7, 11) is 0. The third kappa shape index (κ3) is 3.20. The minimum Gasteiger partial charge on any atom is -0.303 e. The summed E-state index contributed by atoms with van der Waals surface area (Å²) in [5.74, 6) is 0. The van der Waals surface area contributed by atoms with E-state index in [2.05, 4.69) is 26.9 Å². The molecule has 1 aliphatic rings. The van der Waals surface area contributed by atoms with E-state index >= 15 is 0 Å². The summed E-state index contributed by atoms with van der Waals surface area (Å²) in [4.78, 5) is 2.51. The van der Waals surface area contributed by atoms with Crippen LogP contribution in [0, 0.1) is 0 Å². The summed E-state index contributed by atoms with van der Waals surface area (Å²) in [5, 5.41) is 0.886. The Kier molecular flexibility index (Phi) is 4.06. The molecule has 0 atom stereocenters. The Morgan fingerprint density at radius 2 is 2.00 bits per heavy atom. The molecule has 1 aromatic rings. The van der Waals surface area contributed by atoms with Gasteiger partial charge in [-0.3, -0.25) is 0 Å². The summed E-state index contributed by atoms with van der Waals surface area (Å²) in [6, 6.07) is 6.07. The first kappa shape index (κ1) is 11.4. The first-order chi connectivity index (χ1) is 7.25. The maximum atomic E-state index is 6.14. The lowest BCUT2D eigenvalue weighted by Crippen LogP contribution is -2.22. The molecular formula is C12H15BrClN. The molecule has 0 amide bonds. The van der Waals surface area contributed by atoms with Gasteiger partial charge in [-0.1, -0.05) is 27.5 Å². The molecule has 1 fully saturated rings. The molecule has 0 bridgehead atoms. The van der Waals surface area contributed by atoms with Crippen molar-refractivity contribution in [2.75, 3.05) is 19.6 Å². The lowest BCUT2D eigenvalue weighted by molar-refractivity contribution is 0.343. The van der Waals surface area contributed by atoms with Gasteiger partial charge >= 0.3 is 0 Å². The van der Waals surface area contributed by atoms with Crippen LogP contribution in [-0.2, 0) is 6.42 Å². The van der Waals surface area contributed by atoms with Crippen LogP contribution >= 0.6 is 27.5 Å². The van der Waals surface area contributed by atoms with E-state index in [0.717, 1.165) is 22.5 Å². The zero-order valence-electron chi connectivity index (χ0n) is 8.68. The van der Waals surface area contributed by atoms with Gasteiger partial charge in [-0.25, -0.2) is 0 Å². The number of rotatable bonds is 3. The van der Waals surface area contributed by atoms with E-state index in [0.29, 0.717) is 0 Å². The SMILES string of the molecule is Clc1ccc(Br)cc1CCN1CCCC1. The highest BCUT2D eigenvalue weighted by atomic mass is 79.9. The molecule has 15 heavy (non-hydrogen) atoms. The van der Waals surface area contributed by atoms with Gasteiger partial charge < -0.3 is 4.90 Å². The van der Waals surface area contributed by atoms with Gasteiger partial charge in [0.1, 0.15) is 0 Å². The van der Waals surface area contributed by atoms with Gasteiger partial charge in [0, 0.05) is 16.0 Å². The molecule has 82 valence electrons. The van der Waals surface area contributed by atoms with E-state index < -0.39 is 0 Å². The topological polar surface area (TPSA) is 3.24 Å². The molecule has 0 spiro atoms.